The molecule has 2 heteroatoms. The van der Waals surface area contributed by atoms with E-state index in [0.29, 0.717) is 41.4 Å². The smallest absolute Gasteiger partial charge is 0.0184 e. The molecule has 0 fully saturated rings. The molecule has 0 saturated heterocycles. The molecule has 0 aromatic heterocycles. The number of aryl methyl sites for hydroxylation is 3. The van der Waals surface area contributed by atoms with Crippen molar-refractivity contribution >= 4 is 39.8 Å². The van der Waals surface area contributed by atoms with Crippen molar-refractivity contribution in [3.63, 3.8) is 0 Å². The van der Waals surface area contributed by atoms with Gasteiger partial charge in [-0.2, -0.15) is 0 Å². The van der Waals surface area contributed by atoms with Crippen LogP contribution in [0.1, 0.15) is 194 Å². The number of halogens is 1. The van der Waals surface area contributed by atoms with Crippen LogP contribution in [0.5, 0.6) is 0 Å². The molecule has 0 atom stereocenters. The van der Waals surface area contributed by atoms with E-state index in [-0.39, 0.29) is 0 Å². The van der Waals surface area contributed by atoms with Crippen molar-refractivity contribution < 1.29 is 0 Å². The highest BCUT2D eigenvalue weighted by molar-refractivity contribution is 9.10. The van der Waals surface area contributed by atoms with Crippen LogP contribution >= 0.6 is 23.9 Å². The van der Waals surface area contributed by atoms with Gasteiger partial charge in [-0.1, -0.05) is 155 Å². The van der Waals surface area contributed by atoms with Gasteiger partial charge in [-0.05, 0) is 159 Å². The largest absolute Gasteiger partial charge is 0.0587 e. The molecule has 0 nitrogen and oxygen atoms in total. The molecular formula is C48H66BrP. The summed E-state index contributed by atoms with van der Waals surface area (Å²) in [5.74, 6) is 2.90. The zero-order valence-corrected chi connectivity index (χ0v) is 37.0. The van der Waals surface area contributed by atoms with E-state index >= 15 is 0 Å². The van der Waals surface area contributed by atoms with Crippen molar-refractivity contribution in [3.05, 3.63) is 109 Å². The fourth-order valence-electron chi connectivity index (χ4n) is 7.79. The zero-order valence-electron chi connectivity index (χ0n) is 34.5. The molecule has 0 radical (unpaired) electrons. The van der Waals surface area contributed by atoms with Gasteiger partial charge in [0.05, 0.1) is 0 Å². The second-order valence-corrected chi connectivity index (χ2v) is 20.1. The van der Waals surface area contributed by atoms with Crippen molar-refractivity contribution in [2.45, 2.75) is 159 Å². The lowest BCUT2D eigenvalue weighted by molar-refractivity contribution is 0.811. The van der Waals surface area contributed by atoms with Crippen LogP contribution in [0.4, 0.5) is 0 Å². The van der Waals surface area contributed by atoms with Crippen molar-refractivity contribution in [1.82, 2.24) is 0 Å². The Kier molecular flexibility index (Phi) is 13.2. The summed E-state index contributed by atoms with van der Waals surface area (Å²) < 4.78 is 1.17. The van der Waals surface area contributed by atoms with Gasteiger partial charge in [0.25, 0.3) is 0 Å². The van der Waals surface area contributed by atoms with E-state index in [9.17, 15) is 0 Å². The van der Waals surface area contributed by atoms with Crippen LogP contribution in [-0.4, -0.2) is 0 Å². The third kappa shape index (κ3) is 8.21. The second kappa shape index (κ2) is 16.2. The highest BCUT2D eigenvalue weighted by atomic mass is 79.9. The van der Waals surface area contributed by atoms with Crippen molar-refractivity contribution in [1.29, 1.82) is 0 Å². The minimum atomic E-state index is -0.986. The predicted octanol–water partition coefficient (Wildman–Crippen LogP) is 14.7. The van der Waals surface area contributed by atoms with Gasteiger partial charge in [0.2, 0.25) is 0 Å². The van der Waals surface area contributed by atoms with Crippen LogP contribution in [0.15, 0.2) is 53.0 Å². The Hall–Kier alpha value is -2.21. The molecule has 270 valence electrons. The van der Waals surface area contributed by atoms with E-state index in [0.717, 1.165) is 0 Å². The van der Waals surface area contributed by atoms with Crippen LogP contribution < -0.4 is 15.9 Å². The van der Waals surface area contributed by atoms with Gasteiger partial charge >= 0.3 is 0 Å². The summed E-state index contributed by atoms with van der Waals surface area (Å²) in [6, 6.07) is 20.1. The Balaban J connectivity index is 2.46. The summed E-state index contributed by atoms with van der Waals surface area (Å²) in [4.78, 5) is 0. The van der Waals surface area contributed by atoms with E-state index in [1.54, 1.807) is 15.9 Å². The first-order valence-electron chi connectivity index (χ1n) is 19.3. The third-order valence-corrected chi connectivity index (χ3v) is 13.9. The molecule has 0 unspecified atom stereocenters. The molecule has 0 N–H and O–H groups in total. The molecule has 0 saturated carbocycles. The molecule has 4 rings (SSSR count). The number of benzene rings is 4. The monoisotopic (exact) mass is 752 g/mol. The van der Waals surface area contributed by atoms with E-state index in [4.69, 9.17) is 0 Å². The van der Waals surface area contributed by atoms with Gasteiger partial charge in [0, 0.05) is 4.47 Å². The Labute approximate surface area is 317 Å². The maximum absolute atomic E-state index is 4.05. The lowest BCUT2D eigenvalue weighted by Crippen LogP contribution is -2.34. The van der Waals surface area contributed by atoms with Crippen molar-refractivity contribution in [2.24, 2.45) is 0 Å². The maximum atomic E-state index is 4.05. The summed E-state index contributed by atoms with van der Waals surface area (Å²) >= 11 is 4.05. The molecule has 0 aliphatic heterocycles. The molecule has 4 aromatic rings. The normalized spacial score (nSPS) is 12.4. The first kappa shape index (κ1) is 40.6. The first-order valence-corrected chi connectivity index (χ1v) is 21.5. The highest BCUT2D eigenvalue weighted by Gasteiger charge is 2.35. The molecule has 0 spiro atoms. The van der Waals surface area contributed by atoms with Crippen LogP contribution in [-0.2, 0) is 0 Å². The number of hydrogen-bond donors (Lipinski definition) is 0. The molecule has 0 aliphatic carbocycles. The zero-order chi connectivity index (χ0) is 37.5. The van der Waals surface area contributed by atoms with Gasteiger partial charge in [-0.25, -0.2) is 0 Å². The second-order valence-electron chi connectivity index (χ2n) is 17.2. The quantitative estimate of drug-likeness (QED) is 0.134. The number of rotatable bonds is 11. The highest BCUT2D eigenvalue weighted by Crippen LogP contribution is 2.49. The molecular weight excluding hydrogens is 687 g/mol. The topological polar surface area (TPSA) is 0 Å². The first-order chi connectivity index (χ1) is 23.3. The standard InChI is InChI=1S/C48H66BrP/c1-26(2)36-20-39(28(5)6)46(40(21-36)29(7)8)50(47-41(30(9)10)22-37(27(3)4)23-42(47)31(11)12)48-43(32(13)14)24-38(49)25-44(48)45-34(16)18-33(15)19-35(45)17/h18-32H,1-17H3. The van der Waals surface area contributed by atoms with Crippen molar-refractivity contribution in [2.75, 3.05) is 0 Å². The Morgan fingerprint density at radius 1 is 0.400 bits per heavy atom. The van der Waals surface area contributed by atoms with Gasteiger partial charge in [-0.3, -0.25) is 0 Å². The molecule has 4 aromatic carbocycles. The summed E-state index contributed by atoms with van der Waals surface area (Å²) in [5, 5.41) is 4.75. The molecule has 50 heavy (non-hydrogen) atoms. The van der Waals surface area contributed by atoms with E-state index < -0.39 is 7.92 Å². The summed E-state index contributed by atoms with van der Waals surface area (Å²) in [6.45, 7) is 40.5. The fourth-order valence-corrected chi connectivity index (χ4v) is 12.3. The van der Waals surface area contributed by atoms with Gasteiger partial charge in [0.1, 0.15) is 0 Å². The predicted molar refractivity (Wildman–Crippen MR) is 231 cm³/mol. The lowest BCUT2D eigenvalue weighted by atomic mass is 9.89. The summed E-state index contributed by atoms with van der Waals surface area (Å²) in [7, 11) is -0.986. The molecule has 0 bridgehead atoms. The minimum Gasteiger partial charge on any atom is -0.0587 e. The molecule has 0 aliphatic rings. The van der Waals surface area contributed by atoms with Crippen LogP contribution in [0.25, 0.3) is 11.1 Å². The lowest BCUT2D eigenvalue weighted by Gasteiger charge is -2.37. The Bertz CT molecular complexity index is 1680. The van der Waals surface area contributed by atoms with E-state index in [1.807, 2.05) is 0 Å². The van der Waals surface area contributed by atoms with Crippen LogP contribution in [0.3, 0.4) is 0 Å². The number of hydrogen-bond acceptors (Lipinski definition) is 0. The average Bonchev–Trinajstić information content (AvgIpc) is 3.00. The fraction of sp³-hybridized carbons (Fsp3) is 0.500. The average molecular weight is 754 g/mol. The SMILES string of the molecule is Cc1cc(C)c(-c2cc(Br)cc(C(C)C)c2P(c2c(C(C)C)cc(C(C)C)cc2C(C)C)c2c(C(C)C)cc(C(C)C)cc2C(C)C)c(C)c1. The van der Waals surface area contributed by atoms with E-state index in [1.165, 1.54) is 71.2 Å². The van der Waals surface area contributed by atoms with Gasteiger partial charge < -0.3 is 0 Å². The maximum Gasteiger partial charge on any atom is 0.0184 e. The molecule has 0 heterocycles. The Morgan fingerprint density at radius 3 is 1.02 bits per heavy atom. The van der Waals surface area contributed by atoms with Crippen LogP contribution in [0.2, 0.25) is 0 Å². The van der Waals surface area contributed by atoms with Gasteiger partial charge in [-0.15, -0.1) is 0 Å². The van der Waals surface area contributed by atoms with Gasteiger partial charge in [0.15, 0.2) is 0 Å². The van der Waals surface area contributed by atoms with Crippen molar-refractivity contribution in [3.8, 4) is 11.1 Å². The summed E-state index contributed by atoms with van der Waals surface area (Å²) in [5.41, 5.74) is 17.4. The van der Waals surface area contributed by atoms with Crippen LogP contribution in [0, 0.1) is 20.8 Å². The minimum absolute atomic E-state index is 0.359. The Morgan fingerprint density at radius 2 is 0.720 bits per heavy atom. The molecule has 0 amide bonds. The third-order valence-electron chi connectivity index (χ3n) is 10.5. The van der Waals surface area contributed by atoms with E-state index in [2.05, 4.69) is 182 Å². The summed E-state index contributed by atoms with van der Waals surface area (Å²) in [6.07, 6.45) is 0.